The number of aryl methyl sites for hydroxylation is 2. The van der Waals surface area contributed by atoms with Crippen molar-refractivity contribution in [1.82, 2.24) is 14.6 Å². The minimum Gasteiger partial charge on any atom is -0.360 e. The molecule has 0 unspecified atom stereocenters. The summed E-state index contributed by atoms with van der Waals surface area (Å²) in [6.07, 6.45) is 1.14. The topological polar surface area (TPSA) is 89.4 Å². The van der Waals surface area contributed by atoms with Gasteiger partial charge in [0.15, 0.2) is 11.5 Å². The Hall–Kier alpha value is -1.67. The van der Waals surface area contributed by atoms with Gasteiger partial charge in [0, 0.05) is 12.1 Å². The Morgan fingerprint density at radius 2 is 1.47 bits per heavy atom. The lowest BCUT2D eigenvalue weighted by Crippen LogP contribution is -2.28. The van der Waals surface area contributed by atoms with Crippen LogP contribution in [0.3, 0.4) is 0 Å². The van der Waals surface area contributed by atoms with Crippen LogP contribution < -0.4 is 0 Å². The summed E-state index contributed by atoms with van der Waals surface area (Å²) in [5.41, 5.74) is 1.41. The van der Waals surface area contributed by atoms with Crippen LogP contribution in [0.4, 0.5) is 0 Å². The normalized spacial score (nSPS) is 12.2. The third kappa shape index (κ3) is 3.65. The molecule has 0 spiro atoms. The van der Waals surface area contributed by atoms with E-state index < -0.39 is 10.0 Å². The minimum absolute atomic E-state index is 0.111. The average molecular weight is 285 g/mol. The number of hydrogen-bond acceptors (Lipinski definition) is 6. The third-order valence-corrected chi connectivity index (χ3v) is 3.68. The van der Waals surface area contributed by atoms with Gasteiger partial charge < -0.3 is 9.05 Å². The molecule has 0 bridgehead atoms. The Labute approximate surface area is 111 Å². The second-order valence-electron chi connectivity index (χ2n) is 4.40. The van der Waals surface area contributed by atoms with Crippen LogP contribution in [0.15, 0.2) is 21.2 Å². The fourth-order valence-corrected chi connectivity index (χ4v) is 2.34. The van der Waals surface area contributed by atoms with E-state index in [9.17, 15) is 8.42 Å². The highest BCUT2D eigenvalue weighted by atomic mass is 32.2. The van der Waals surface area contributed by atoms with E-state index in [1.54, 1.807) is 26.0 Å². The number of aromatic nitrogens is 2. The predicted octanol–water partition coefficient (Wildman–Crippen LogP) is 1.24. The summed E-state index contributed by atoms with van der Waals surface area (Å²) in [5.74, 6) is 0.971. The third-order valence-electron chi connectivity index (χ3n) is 2.49. The summed E-state index contributed by atoms with van der Waals surface area (Å²) in [6.45, 7) is 3.77. The summed E-state index contributed by atoms with van der Waals surface area (Å²) in [5, 5.41) is 7.46. The lowest BCUT2D eigenvalue weighted by molar-refractivity contribution is 0.287. The standard InChI is InChI=1S/C11H15N3O4S/c1-8-4-10(17-12-8)6-14(19(3,15)16)7-11-5-9(2)13-18-11/h4-5H,6-7H2,1-3H3. The highest BCUT2D eigenvalue weighted by Gasteiger charge is 2.21. The van der Waals surface area contributed by atoms with Gasteiger partial charge in [-0.25, -0.2) is 8.42 Å². The van der Waals surface area contributed by atoms with Crippen LogP contribution in [0.5, 0.6) is 0 Å². The molecule has 0 atom stereocenters. The van der Waals surface area contributed by atoms with Crippen LogP contribution in [-0.2, 0) is 23.1 Å². The SMILES string of the molecule is Cc1cc(CN(Cc2cc(C)no2)S(C)(=O)=O)on1. The van der Waals surface area contributed by atoms with Crippen LogP contribution in [-0.4, -0.2) is 29.3 Å². The number of nitrogens with zero attached hydrogens (tertiary/aromatic N) is 3. The zero-order valence-corrected chi connectivity index (χ0v) is 11.8. The Morgan fingerprint density at radius 3 is 1.74 bits per heavy atom. The van der Waals surface area contributed by atoms with Gasteiger partial charge in [-0.15, -0.1) is 0 Å². The quantitative estimate of drug-likeness (QED) is 0.821. The molecule has 2 heterocycles. The molecule has 2 rings (SSSR count). The van der Waals surface area contributed by atoms with Gasteiger partial charge in [0.2, 0.25) is 10.0 Å². The molecular weight excluding hydrogens is 270 g/mol. The molecule has 0 saturated heterocycles. The number of sulfonamides is 1. The molecule has 0 saturated carbocycles. The van der Waals surface area contributed by atoms with Crippen molar-refractivity contribution in [3.8, 4) is 0 Å². The van der Waals surface area contributed by atoms with Gasteiger partial charge in [-0.1, -0.05) is 10.3 Å². The molecule has 0 radical (unpaired) electrons. The van der Waals surface area contributed by atoms with Gasteiger partial charge in [0.25, 0.3) is 0 Å². The largest absolute Gasteiger partial charge is 0.360 e. The van der Waals surface area contributed by atoms with Gasteiger partial charge in [-0.3, -0.25) is 0 Å². The summed E-state index contributed by atoms with van der Waals surface area (Å²) in [7, 11) is -3.39. The maximum Gasteiger partial charge on any atom is 0.212 e. The van der Waals surface area contributed by atoms with Crippen molar-refractivity contribution in [3.05, 3.63) is 35.0 Å². The monoisotopic (exact) mass is 285 g/mol. The lowest BCUT2D eigenvalue weighted by Gasteiger charge is -2.16. The molecule has 2 aromatic rings. The zero-order chi connectivity index (χ0) is 14.0. The fraction of sp³-hybridized carbons (Fsp3) is 0.455. The Kier molecular flexibility index (Phi) is 3.72. The van der Waals surface area contributed by atoms with E-state index in [1.807, 2.05) is 0 Å². The van der Waals surface area contributed by atoms with Crippen molar-refractivity contribution in [2.75, 3.05) is 6.26 Å². The molecule has 0 amide bonds. The number of rotatable bonds is 5. The molecule has 8 heteroatoms. The molecule has 0 N–H and O–H groups in total. The molecule has 2 aromatic heterocycles. The first-order chi connectivity index (χ1) is 8.84. The van der Waals surface area contributed by atoms with Crippen LogP contribution in [0.2, 0.25) is 0 Å². The van der Waals surface area contributed by atoms with E-state index >= 15 is 0 Å². The van der Waals surface area contributed by atoms with Crippen LogP contribution in [0.25, 0.3) is 0 Å². The molecule has 0 aliphatic heterocycles. The highest BCUT2D eigenvalue weighted by Crippen LogP contribution is 2.14. The summed E-state index contributed by atoms with van der Waals surface area (Å²) in [6, 6.07) is 3.40. The van der Waals surface area contributed by atoms with Crippen molar-refractivity contribution in [1.29, 1.82) is 0 Å². The molecule has 104 valence electrons. The molecule has 0 fully saturated rings. The van der Waals surface area contributed by atoms with Crippen LogP contribution in [0, 0.1) is 13.8 Å². The minimum atomic E-state index is -3.39. The van der Waals surface area contributed by atoms with E-state index in [-0.39, 0.29) is 13.1 Å². The van der Waals surface area contributed by atoms with Crippen molar-refractivity contribution in [2.24, 2.45) is 0 Å². The Balaban J connectivity index is 2.17. The van der Waals surface area contributed by atoms with Crippen LogP contribution in [0.1, 0.15) is 22.9 Å². The van der Waals surface area contributed by atoms with Gasteiger partial charge in [0.05, 0.1) is 30.7 Å². The van der Waals surface area contributed by atoms with E-state index in [2.05, 4.69) is 10.3 Å². The fourth-order valence-electron chi connectivity index (χ4n) is 1.62. The first-order valence-corrected chi connectivity index (χ1v) is 7.49. The average Bonchev–Trinajstić information content (AvgIpc) is 2.86. The first kappa shape index (κ1) is 13.8. The Morgan fingerprint density at radius 1 is 1.05 bits per heavy atom. The van der Waals surface area contributed by atoms with Crippen molar-refractivity contribution in [2.45, 2.75) is 26.9 Å². The molecule has 0 aliphatic rings. The maximum absolute atomic E-state index is 11.8. The smallest absolute Gasteiger partial charge is 0.212 e. The Bertz CT molecular complexity index is 617. The van der Waals surface area contributed by atoms with Gasteiger partial charge in [-0.05, 0) is 13.8 Å². The summed E-state index contributed by atoms with van der Waals surface area (Å²) >= 11 is 0. The van der Waals surface area contributed by atoms with Crippen molar-refractivity contribution < 1.29 is 17.5 Å². The van der Waals surface area contributed by atoms with Crippen molar-refractivity contribution >= 4 is 10.0 Å². The summed E-state index contributed by atoms with van der Waals surface area (Å²) < 4.78 is 34.8. The van der Waals surface area contributed by atoms with E-state index in [0.717, 1.165) is 6.26 Å². The van der Waals surface area contributed by atoms with E-state index in [0.29, 0.717) is 22.9 Å². The van der Waals surface area contributed by atoms with Crippen LogP contribution >= 0.6 is 0 Å². The predicted molar refractivity (Wildman–Crippen MR) is 66.6 cm³/mol. The van der Waals surface area contributed by atoms with E-state index in [4.69, 9.17) is 9.05 Å². The van der Waals surface area contributed by atoms with Crippen molar-refractivity contribution in [3.63, 3.8) is 0 Å². The van der Waals surface area contributed by atoms with Gasteiger partial charge in [0.1, 0.15) is 0 Å². The number of hydrogen-bond donors (Lipinski definition) is 0. The first-order valence-electron chi connectivity index (χ1n) is 5.64. The molecule has 0 aliphatic carbocycles. The second-order valence-corrected chi connectivity index (χ2v) is 6.38. The summed E-state index contributed by atoms with van der Waals surface area (Å²) in [4.78, 5) is 0. The molecule has 7 nitrogen and oxygen atoms in total. The second kappa shape index (κ2) is 5.14. The van der Waals surface area contributed by atoms with Gasteiger partial charge >= 0.3 is 0 Å². The molecule has 0 aromatic carbocycles. The lowest BCUT2D eigenvalue weighted by atomic mass is 10.3. The zero-order valence-electron chi connectivity index (χ0n) is 11.0. The molecular formula is C11H15N3O4S. The van der Waals surface area contributed by atoms with E-state index in [1.165, 1.54) is 4.31 Å². The highest BCUT2D eigenvalue weighted by molar-refractivity contribution is 7.88. The van der Waals surface area contributed by atoms with Gasteiger partial charge in [-0.2, -0.15) is 4.31 Å². The molecule has 19 heavy (non-hydrogen) atoms. The maximum atomic E-state index is 11.8.